The molecule has 0 saturated carbocycles. The Morgan fingerprint density at radius 3 is 2.60 bits per heavy atom. The summed E-state index contributed by atoms with van der Waals surface area (Å²) in [5.74, 6) is 2.05. The van der Waals surface area contributed by atoms with Gasteiger partial charge < -0.3 is 19.9 Å². The number of hydrogen-bond acceptors (Lipinski definition) is 6. The Hall–Kier alpha value is -3.12. The highest BCUT2D eigenvalue weighted by atomic mass is 16.5. The van der Waals surface area contributed by atoms with Gasteiger partial charge in [-0.25, -0.2) is 4.98 Å². The number of rotatable bonds is 11. The first-order valence-corrected chi connectivity index (χ1v) is 10.3. The third kappa shape index (κ3) is 5.70. The second kappa shape index (κ2) is 11.2. The van der Waals surface area contributed by atoms with Gasteiger partial charge in [-0.05, 0) is 43.0 Å². The number of aliphatic hydroxyl groups excluding tert-OH is 1. The second-order valence-electron chi connectivity index (χ2n) is 6.95. The van der Waals surface area contributed by atoms with E-state index in [1.165, 1.54) is 5.56 Å². The van der Waals surface area contributed by atoms with Crippen molar-refractivity contribution >= 4 is 5.82 Å². The maximum atomic E-state index is 8.89. The predicted molar refractivity (Wildman–Crippen MR) is 119 cm³/mol. The largest absolute Gasteiger partial charge is 0.493 e. The lowest BCUT2D eigenvalue weighted by molar-refractivity contribution is 0.247. The number of anilines is 1. The highest BCUT2D eigenvalue weighted by Gasteiger charge is 2.12. The SMILES string of the molecule is CCC(Nc1cncc(-c2ccc(OCCCCO)c(OC)c2)n1)c1ccccc1. The predicted octanol–water partition coefficient (Wildman–Crippen LogP) is 4.87. The van der Waals surface area contributed by atoms with Gasteiger partial charge in [0.05, 0.1) is 37.8 Å². The molecule has 158 valence electrons. The Morgan fingerprint density at radius 2 is 1.87 bits per heavy atom. The minimum atomic E-state index is 0.167. The van der Waals surface area contributed by atoms with E-state index in [2.05, 4.69) is 29.4 Å². The average molecular weight is 408 g/mol. The molecule has 0 fully saturated rings. The molecule has 1 aromatic heterocycles. The van der Waals surface area contributed by atoms with Crippen molar-refractivity contribution in [3.8, 4) is 22.8 Å². The average Bonchev–Trinajstić information content (AvgIpc) is 2.81. The second-order valence-corrected chi connectivity index (χ2v) is 6.95. The maximum Gasteiger partial charge on any atom is 0.161 e. The topological polar surface area (TPSA) is 76.5 Å². The summed E-state index contributed by atoms with van der Waals surface area (Å²) in [5, 5.41) is 12.4. The number of nitrogens with zero attached hydrogens (tertiary/aromatic N) is 2. The fourth-order valence-corrected chi connectivity index (χ4v) is 3.20. The van der Waals surface area contributed by atoms with Gasteiger partial charge in [-0.2, -0.15) is 0 Å². The molecule has 3 rings (SSSR count). The van der Waals surface area contributed by atoms with E-state index in [-0.39, 0.29) is 12.6 Å². The van der Waals surface area contributed by atoms with Gasteiger partial charge in [-0.1, -0.05) is 37.3 Å². The highest BCUT2D eigenvalue weighted by Crippen LogP contribution is 2.32. The van der Waals surface area contributed by atoms with Crippen LogP contribution in [0.2, 0.25) is 0 Å². The van der Waals surface area contributed by atoms with Crippen LogP contribution in [0.3, 0.4) is 0 Å². The zero-order valence-electron chi connectivity index (χ0n) is 17.5. The third-order valence-electron chi connectivity index (χ3n) is 4.84. The molecule has 0 bridgehead atoms. The molecule has 6 nitrogen and oxygen atoms in total. The van der Waals surface area contributed by atoms with E-state index in [0.717, 1.165) is 36.3 Å². The molecule has 1 atom stereocenters. The Labute approximate surface area is 177 Å². The molecule has 2 N–H and O–H groups in total. The van der Waals surface area contributed by atoms with Crippen molar-refractivity contribution in [1.29, 1.82) is 0 Å². The number of aliphatic hydroxyl groups is 1. The van der Waals surface area contributed by atoms with Crippen molar-refractivity contribution in [3.63, 3.8) is 0 Å². The molecule has 6 heteroatoms. The van der Waals surface area contributed by atoms with Gasteiger partial charge in [0.2, 0.25) is 0 Å². The van der Waals surface area contributed by atoms with Gasteiger partial charge in [0.1, 0.15) is 5.82 Å². The standard InChI is InChI=1S/C24H29N3O3/c1-3-20(18-9-5-4-6-10-18)26-24-17-25-16-21(27-24)19-11-12-22(23(15-19)29-2)30-14-8-7-13-28/h4-6,9-12,15-17,20,28H,3,7-8,13-14H2,1-2H3,(H,26,27). The Balaban J connectivity index is 1.76. The van der Waals surface area contributed by atoms with E-state index in [1.54, 1.807) is 19.5 Å². The molecule has 30 heavy (non-hydrogen) atoms. The van der Waals surface area contributed by atoms with Crippen molar-refractivity contribution in [2.75, 3.05) is 25.6 Å². The highest BCUT2D eigenvalue weighted by molar-refractivity contribution is 5.64. The van der Waals surface area contributed by atoms with Crippen molar-refractivity contribution in [2.24, 2.45) is 0 Å². The van der Waals surface area contributed by atoms with Crippen LogP contribution in [0.1, 0.15) is 37.8 Å². The minimum absolute atomic E-state index is 0.167. The normalized spacial score (nSPS) is 11.7. The van der Waals surface area contributed by atoms with Crippen LogP contribution in [-0.2, 0) is 0 Å². The monoisotopic (exact) mass is 407 g/mol. The smallest absolute Gasteiger partial charge is 0.161 e. The maximum absolute atomic E-state index is 8.89. The van der Waals surface area contributed by atoms with Gasteiger partial charge in [-0.15, -0.1) is 0 Å². The van der Waals surface area contributed by atoms with Crippen molar-refractivity contribution in [2.45, 2.75) is 32.2 Å². The number of hydrogen-bond donors (Lipinski definition) is 2. The van der Waals surface area contributed by atoms with Gasteiger partial charge in [0, 0.05) is 12.2 Å². The Bertz CT molecular complexity index is 919. The molecule has 0 aliphatic carbocycles. The fraction of sp³-hybridized carbons (Fsp3) is 0.333. The molecule has 1 unspecified atom stereocenters. The summed E-state index contributed by atoms with van der Waals surface area (Å²) in [5.41, 5.74) is 2.88. The van der Waals surface area contributed by atoms with Crippen LogP contribution in [0.15, 0.2) is 60.9 Å². The minimum Gasteiger partial charge on any atom is -0.493 e. The zero-order valence-corrected chi connectivity index (χ0v) is 17.5. The molecule has 0 amide bonds. The first kappa shape index (κ1) is 21.6. The molecule has 0 radical (unpaired) electrons. The molecule has 0 spiro atoms. The number of aromatic nitrogens is 2. The number of ether oxygens (including phenoxy) is 2. The molecular weight excluding hydrogens is 378 g/mol. The van der Waals surface area contributed by atoms with Crippen LogP contribution >= 0.6 is 0 Å². The molecule has 3 aromatic rings. The quantitative estimate of drug-likeness (QED) is 0.442. The lowest BCUT2D eigenvalue weighted by atomic mass is 10.0. The van der Waals surface area contributed by atoms with Gasteiger partial charge in [-0.3, -0.25) is 4.98 Å². The zero-order chi connectivity index (χ0) is 21.2. The van der Waals surface area contributed by atoms with Crippen molar-refractivity contribution in [3.05, 3.63) is 66.5 Å². The first-order chi connectivity index (χ1) is 14.7. The van der Waals surface area contributed by atoms with E-state index in [1.807, 2.05) is 36.4 Å². The molecular formula is C24H29N3O3. The lowest BCUT2D eigenvalue weighted by Gasteiger charge is -2.18. The lowest BCUT2D eigenvalue weighted by Crippen LogP contribution is -2.11. The molecule has 1 heterocycles. The molecule has 0 aliphatic heterocycles. The van der Waals surface area contributed by atoms with E-state index < -0.39 is 0 Å². The van der Waals surface area contributed by atoms with Gasteiger partial charge in [0.25, 0.3) is 0 Å². The van der Waals surface area contributed by atoms with Crippen LogP contribution in [0, 0.1) is 0 Å². The van der Waals surface area contributed by atoms with Crippen molar-refractivity contribution < 1.29 is 14.6 Å². The van der Waals surface area contributed by atoms with Crippen molar-refractivity contribution in [1.82, 2.24) is 9.97 Å². The Kier molecular flexibility index (Phi) is 8.03. The first-order valence-electron chi connectivity index (χ1n) is 10.3. The van der Waals surface area contributed by atoms with E-state index in [4.69, 9.17) is 19.6 Å². The summed E-state index contributed by atoms with van der Waals surface area (Å²) < 4.78 is 11.3. The van der Waals surface area contributed by atoms with Crippen LogP contribution in [0.4, 0.5) is 5.82 Å². The molecule has 0 aliphatic rings. The number of unbranched alkanes of at least 4 members (excludes halogenated alkanes) is 1. The Morgan fingerprint density at radius 1 is 1.03 bits per heavy atom. The summed E-state index contributed by atoms with van der Waals surface area (Å²) in [4.78, 5) is 9.12. The summed E-state index contributed by atoms with van der Waals surface area (Å²) in [6.07, 6.45) is 5.93. The van der Waals surface area contributed by atoms with E-state index >= 15 is 0 Å². The third-order valence-corrected chi connectivity index (χ3v) is 4.84. The van der Waals surface area contributed by atoms with Crippen LogP contribution in [0.25, 0.3) is 11.3 Å². The fourth-order valence-electron chi connectivity index (χ4n) is 3.20. The van der Waals surface area contributed by atoms with E-state index in [0.29, 0.717) is 18.1 Å². The summed E-state index contributed by atoms with van der Waals surface area (Å²) in [6, 6.07) is 16.2. The number of nitrogens with one attached hydrogen (secondary N) is 1. The van der Waals surface area contributed by atoms with Gasteiger partial charge >= 0.3 is 0 Å². The van der Waals surface area contributed by atoms with Crippen LogP contribution in [-0.4, -0.2) is 35.4 Å². The summed E-state index contributed by atoms with van der Waals surface area (Å²) >= 11 is 0. The molecule has 2 aromatic carbocycles. The number of benzene rings is 2. The summed E-state index contributed by atoms with van der Waals surface area (Å²) in [7, 11) is 1.62. The van der Waals surface area contributed by atoms with Gasteiger partial charge in [0.15, 0.2) is 11.5 Å². The van der Waals surface area contributed by atoms with E-state index in [9.17, 15) is 0 Å². The molecule has 0 saturated heterocycles. The summed E-state index contributed by atoms with van der Waals surface area (Å²) in [6.45, 7) is 2.85. The number of methoxy groups -OCH3 is 1. The van der Waals surface area contributed by atoms with Crippen LogP contribution in [0.5, 0.6) is 11.5 Å². The van der Waals surface area contributed by atoms with Crippen LogP contribution < -0.4 is 14.8 Å².